The van der Waals surface area contributed by atoms with Crippen LogP contribution in [0.25, 0.3) is 0 Å². The van der Waals surface area contributed by atoms with E-state index in [9.17, 15) is 0 Å². The van der Waals surface area contributed by atoms with Gasteiger partial charge >= 0.3 is 0 Å². The van der Waals surface area contributed by atoms with Gasteiger partial charge in [0.1, 0.15) is 0 Å². The maximum absolute atomic E-state index is 7.11. The van der Waals surface area contributed by atoms with Crippen LogP contribution < -0.4 is 11.1 Å². The summed E-state index contributed by atoms with van der Waals surface area (Å²) in [5, 5.41) is 3.54. The second-order valence-electron chi connectivity index (χ2n) is 8.51. The van der Waals surface area contributed by atoms with E-state index in [-0.39, 0.29) is 5.41 Å². The maximum atomic E-state index is 7.11. The molecule has 154 valence electrons. The van der Waals surface area contributed by atoms with E-state index >= 15 is 0 Å². The molecule has 0 heterocycles. The molecule has 2 heteroatoms. The highest BCUT2D eigenvalue weighted by Crippen LogP contribution is 2.45. The molecule has 2 rings (SSSR count). The van der Waals surface area contributed by atoms with E-state index in [1.807, 2.05) is 7.05 Å². The third-order valence-electron chi connectivity index (χ3n) is 6.54. The first-order chi connectivity index (χ1) is 13.5. The number of nitrogens with one attached hydrogen (secondary N) is 1. The van der Waals surface area contributed by atoms with Gasteiger partial charge in [-0.25, -0.2) is 0 Å². The van der Waals surface area contributed by atoms with Crippen molar-refractivity contribution in [2.45, 2.75) is 76.8 Å². The Morgan fingerprint density at radius 2 is 1.46 bits per heavy atom. The summed E-state index contributed by atoms with van der Waals surface area (Å²) < 4.78 is 0. The predicted octanol–water partition coefficient (Wildman–Crippen LogP) is 6.06. The number of hydrogen-bond acceptors (Lipinski definition) is 2. The molecule has 3 N–H and O–H groups in total. The lowest BCUT2D eigenvalue weighted by atomic mass is 9.59. The molecule has 0 aliphatic rings. The summed E-state index contributed by atoms with van der Waals surface area (Å²) in [7, 11) is 2.03. The molecule has 0 aliphatic heterocycles. The van der Waals surface area contributed by atoms with Crippen LogP contribution in [0.15, 0.2) is 60.7 Å². The molecule has 0 amide bonds. The zero-order valence-corrected chi connectivity index (χ0v) is 18.4. The molecule has 0 saturated heterocycles. The number of benzene rings is 2. The Balaban J connectivity index is 2.18. The highest BCUT2D eigenvalue weighted by Gasteiger charge is 2.50. The van der Waals surface area contributed by atoms with E-state index in [0.717, 1.165) is 25.7 Å². The van der Waals surface area contributed by atoms with Gasteiger partial charge in [-0.3, -0.25) is 0 Å². The van der Waals surface area contributed by atoms with Gasteiger partial charge in [-0.05, 0) is 49.8 Å². The van der Waals surface area contributed by atoms with Gasteiger partial charge in [-0.15, -0.1) is 0 Å². The van der Waals surface area contributed by atoms with Gasteiger partial charge in [-0.1, -0.05) is 101 Å². The first kappa shape index (κ1) is 22.6. The normalized spacial score (nSPS) is 15.9. The van der Waals surface area contributed by atoms with Crippen LogP contribution in [-0.2, 0) is 11.8 Å². The Bertz CT molecular complexity index is 667. The average Bonchev–Trinajstić information content (AvgIpc) is 2.72. The number of likely N-dealkylation sites (N-methyl/N-ethyl adjacent to an activating group) is 1. The predicted molar refractivity (Wildman–Crippen MR) is 122 cm³/mol. The number of aryl methyl sites for hydroxylation is 1. The Labute approximate surface area is 172 Å². The van der Waals surface area contributed by atoms with Crippen molar-refractivity contribution in [2.24, 2.45) is 11.7 Å². The third-order valence-corrected chi connectivity index (χ3v) is 6.54. The molecular formula is C26H40N2. The van der Waals surface area contributed by atoms with E-state index in [0.29, 0.717) is 5.92 Å². The Kier molecular flexibility index (Phi) is 8.72. The van der Waals surface area contributed by atoms with Crippen LogP contribution in [0.3, 0.4) is 0 Å². The van der Waals surface area contributed by atoms with E-state index in [1.54, 1.807) is 0 Å². The minimum atomic E-state index is -0.406. The van der Waals surface area contributed by atoms with Gasteiger partial charge in [0.2, 0.25) is 0 Å². The summed E-state index contributed by atoms with van der Waals surface area (Å²) in [6.45, 7) is 6.91. The quantitative estimate of drug-likeness (QED) is 0.347. The standard InChI is InChI=1S/C26H40N2/c1-5-20-26(27,28-4)25(22(2)3,24-18-12-7-13-19-24)21-14-8-11-17-23-15-9-6-10-16-23/h6-7,9-10,12-13,15-16,18-19,22,28H,5,8,11,14,17,20-21,27H2,1-4H3. The van der Waals surface area contributed by atoms with Crippen molar-refractivity contribution in [2.75, 3.05) is 7.05 Å². The van der Waals surface area contributed by atoms with Gasteiger partial charge in [0.05, 0.1) is 5.66 Å². The van der Waals surface area contributed by atoms with Crippen molar-refractivity contribution in [3.8, 4) is 0 Å². The summed E-state index contributed by atoms with van der Waals surface area (Å²) in [6, 6.07) is 21.8. The first-order valence-electron chi connectivity index (χ1n) is 11.1. The van der Waals surface area contributed by atoms with Gasteiger partial charge in [-0.2, -0.15) is 0 Å². The van der Waals surface area contributed by atoms with E-state index in [4.69, 9.17) is 5.73 Å². The van der Waals surface area contributed by atoms with Gasteiger partial charge < -0.3 is 11.1 Å². The lowest BCUT2D eigenvalue weighted by Crippen LogP contribution is -2.68. The molecule has 0 radical (unpaired) electrons. The van der Waals surface area contributed by atoms with E-state index in [1.165, 1.54) is 30.4 Å². The second-order valence-corrected chi connectivity index (χ2v) is 8.51. The summed E-state index contributed by atoms with van der Waals surface area (Å²) in [5.74, 6) is 0.452. The fraction of sp³-hybridized carbons (Fsp3) is 0.538. The molecule has 0 aromatic heterocycles. The van der Waals surface area contributed by atoms with Crippen LogP contribution >= 0.6 is 0 Å². The number of nitrogens with two attached hydrogens (primary N) is 1. The summed E-state index contributed by atoms with van der Waals surface area (Å²) in [4.78, 5) is 0. The molecule has 2 aromatic carbocycles. The van der Waals surface area contributed by atoms with Crippen LogP contribution in [0.1, 0.15) is 70.4 Å². The molecule has 0 bridgehead atoms. The van der Waals surface area contributed by atoms with Gasteiger partial charge in [0, 0.05) is 5.41 Å². The molecular weight excluding hydrogens is 340 g/mol. The van der Waals surface area contributed by atoms with Crippen LogP contribution in [0.2, 0.25) is 0 Å². The number of hydrogen-bond donors (Lipinski definition) is 2. The van der Waals surface area contributed by atoms with Crippen LogP contribution in [0, 0.1) is 5.92 Å². The van der Waals surface area contributed by atoms with E-state index in [2.05, 4.69) is 86.8 Å². The fourth-order valence-electron chi connectivity index (χ4n) is 5.02. The minimum absolute atomic E-state index is 0.0776. The smallest absolute Gasteiger partial charge is 0.0761 e. The van der Waals surface area contributed by atoms with Crippen molar-refractivity contribution in [3.63, 3.8) is 0 Å². The highest BCUT2D eigenvalue weighted by molar-refractivity contribution is 5.31. The third kappa shape index (κ3) is 5.04. The summed E-state index contributed by atoms with van der Waals surface area (Å²) in [5.41, 5.74) is 9.44. The molecule has 0 fully saturated rings. The first-order valence-corrected chi connectivity index (χ1v) is 11.1. The zero-order valence-electron chi connectivity index (χ0n) is 18.4. The number of unbranched alkanes of at least 4 members (excludes halogenated alkanes) is 2. The minimum Gasteiger partial charge on any atom is -0.313 e. The molecule has 0 aliphatic carbocycles. The van der Waals surface area contributed by atoms with Gasteiger partial charge in [0.15, 0.2) is 0 Å². The van der Waals surface area contributed by atoms with Crippen molar-refractivity contribution in [1.82, 2.24) is 5.32 Å². The summed E-state index contributed by atoms with van der Waals surface area (Å²) in [6.07, 6.45) is 7.99. The van der Waals surface area contributed by atoms with Crippen molar-refractivity contribution in [3.05, 3.63) is 71.8 Å². The highest BCUT2D eigenvalue weighted by atomic mass is 15.1. The Hall–Kier alpha value is -1.64. The summed E-state index contributed by atoms with van der Waals surface area (Å²) >= 11 is 0. The van der Waals surface area contributed by atoms with Crippen LogP contribution in [0.5, 0.6) is 0 Å². The van der Waals surface area contributed by atoms with Crippen molar-refractivity contribution >= 4 is 0 Å². The van der Waals surface area contributed by atoms with Crippen molar-refractivity contribution in [1.29, 1.82) is 0 Å². The van der Waals surface area contributed by atoms with Crippen molar-refractivity contribution < 1.29 is 0 Å². The van der Waals surface area contributed by atoms with Gasteiger partial charge in [0.25, 0.3) is 0 Å². The lowest BCUT2D eigenvalue weighted by Gasteiger charge is -2.52. The maximum Gasteiger partial charge on any atom is 0.0761 e. The second kappa shape index (κ2) is 10.8. The molecule has 2 atom stereocenters. The monoisotopic (exact) mass is 380 g/mol. The molecule has 2 unspecified atom stereocenters. The Morgan fingerprint density at radius 3 is 2.00 bits per heavy atom. The molecule has 0 saturated carbocycles. The molecule has 28 heavy (non-hydrogen) atoms. The lowest BCUT2D eigenvalue weighted by molar-refractivity contribution is 0.0983. The molecule has 2 nitrogen and oxygen atoms in total. The topological polar surface area (TPSA) is 38.0 Å². The molecule has 2 aromatic rings. The van der Waals surface area contributed by atoms with Crippen LogP contribution in [-0.4, -0.2) is 12.7 Å². The SMILES string of the molecule is CCCC(N)(NC)C(CCCCCc1ccccc1)(c1ccccc1)C(C)C. The van der Waals surface area contributed by atoms with Crippen LogP contribution in [0.4, 0.5) is 0 Å². The fourth-order valence-corrected chi connectivity index (χ4v) is 5.02. The molecule has 0 spiro atoms. The van der Waals surface area contributed by atoms with E-state index < -0.39 is 5.66 Å². The average molecular weight is 381 g/mol. The largest absolute Gasteiger partial charge is 0.313 e. The zero-order chi connectivity index (χ0) is 20.5. The number of rotatable bonds is 12. The Morgan fingerprint density at radius 1 is 0.857 bits per heavy atom.